The number of aromatic hydroxyl groups is 1. The van der Waals surface area contributed by atoms with Crippen molar-refractivity contribution in [1.29, 1.82) is 0 Å². The van der Waals surface area contributed by atoms with Gasteiger partial charge in [0.15, 0.2) is 11.5 Å². The zero-order valence-corrected chi connectivity index (χ0v) is 15.0. The molecule has 0 saturated heterocycles. The zero-order chi connectivity index (χ0) is 19.8. The Morgan fingerprint density at radius 3 is 2.44 bits per heavy atom. The molecule has 0 fully saturated rings. The summed E-state index contributed by atoms with van der Waals surface area (Å²) >= 11 is 0. The van der Waals surface area contributed by atoms with Gasteiger partial charge in [-0.15, -0.1) is 0 Å². The number of methoxy groups -OCH3 is 1. The summed E-state index contributed by atoms with van der Waals surface area (Å²) in [5, 5.41) is 21.5. The third kappa shape index (κ3) is 5.78. The fourth-order valence-corrected chi connectivity index (χ4v) is 2.48. The third-order valence-corrected chi connectivity index (χ3v) is 3.81. The minimum absolute atomic E-state index is 0.110. The Labute approximate surface area is 156 Å². The number of phenols is 1. The van der Waals surface area contributed by atoms with Gasteiger partial charge in [0.1, 0.15) is 6.10 Å². The van der Waals surface area contributed by atoms with E-state index in [-0.39, 0.29) is 11.5 Å². The number of anilines is 1. The first-order valence-electron chi connectivity index (χ1n) is 8.21. The normalized spacial score (nSPS) is 13.0. The van der Waals surface area contributed by atoms with Crippen molar-refractivity contribution >= 4 is 17.7 Å². The van der Waals surface area contributed by atoms with Gasteiger partial charge < -0.3 is 19.7 Å². The van der Waals surface area contributed by atoms with Gasteiger partial charge in [-0.3, -0.25) is 5.32 Å². The molecular formula is C20H21NO6. The Hall–Kier alpha value is -3.48. The molecule has 27 heavy (non-hydrogen) atoms. The predicted molar refractivity (Wildman–Crippen MR) is 99.9 cm³/mol. The van der Waals surface area contributed by atoms with Gasteiger partial charge in [-0.1, -0.05) is 37.3 Å². The number of carboxylic acid groups (broad SMARTS) is 1. The second-order valence-electron chi connectivity index (χ2n) is 5.80. The molecule has 7 nitrogen and oxygen atoms in total. The van der Waals surface area contributed by atoms with E-state index in [1.807, 2.05) is 6.07 Å². The first kappa shape index (κ1) is 19.8. The Balaban J connectivity index is 2.24. The van der Waals surface area contributed by atoms with E-state index in [9.17, 15) is 14.7 Å². The summed E-state index contributed by atoms with van der Waals surface area (Å²) in [6, 6.07) is 13.4. The summed E-state index contributed by atoms with van der Waals surface area (Å²) in [6.45, 7) is 1.71. The summed E-state index contributed by atoms with van der Waals surface area (Å²) in [5.41, 5.74) is 1.06. The largest absolute Gasteiger partial charge is 0.504 e. The summed E-state index contributed by atoms with van der Waals surface area (Å²) < 4.78 is 10.5. The highest BCUT2D eigenvalue weighted by Gasteiger charge is 2.23. The fourth-order valence-electron chi connectivity index (χ4n) is 2.48. The molecule has 1 amide bonds. The average molecular weight is 371 g/mol. The number of amides is 1. The lowest BCUT2D eigenvalue weighted by atomic mass is 9.96. The van der Waals surface area contributed by atoms with Crippen LogP contribution in [-0.4, -0.2) is 29.4 Å². The molecule has 0 bridgehead atoms. The topological polar surface area (TPSA) is 105 Å². The second-order valence-corrected chi connectivity index (χ2v) is 5.80. The molecule has 0 unspecified atom stereocenters. The van der Waals surface area contributed by atoms with Crippen molar-refractivity contribution in [2.75, 3.05) is 12.4 Å². The summed E-state index contributed by atoms with van der Waals surface area (Å²) in [6.07, 6.45) is 0.891. The Morgan fingerprint density at radius 1 is 1.15 bits per heavy atom. The van der Waals surface area contributed by atoms with E-state index in [2.05, 4.69) is 5.32 Å². The van der Waals surface area contributed by atoms with Crippen LogP contribution < -0.4 is 10.1 Å². The molecule has 7 heteroatoms. The molecule has 0 saturated carbocycles. The minimum atomic E-state index is -1.10. The number of carboxylic acids is 1. The van der Waals surface area contributed by atoms with Gasteiger partial charge in [-0.2, -0.15) is 0 Å². The molecule has 3 N–H and O–H groups in total. The number of aliphatic carboxylic acids is 1. The first-order valence-corrected chi connectivity index (χ1v) is 8.21. The van der Waals surface area contributed by atoms with E-state index >= 15 is 0 Å². The van der Waals surface area contributed by atoms with Crippen LogP contribution in [0, 0.1) is 5.92 Å². The highest BCUT2D eigenvalue weighted by molar-refractivity contribution is 5.84. The highest BCUT2D eigenvalue weighted by atomic mass is 16.6. The molecule has 142 valence electrons. The molecule has 2 rings (SSSR count). The molecule has 0 aliphatic heterocycles. The number of carbonyl (C=O) groups excluding carboxylic acids is 1. The standard InChI is InChI=1S/C20H21NO6/c1-13(8-11-18(23)24)19(14-9-10-17(26-2)16(22)12-14)27-20(25)21-15-6-4-3-5-7-15/h3-13,19,22H,1-2H3,(H,21,25)(H,23,24)/b11-8+/t13-,19-/m1/s1. The van der Waals surface area contributed by atoms with E-state index in [1.54, 1.807) is 43.3 Å². The van der Waals surface area contributed by atoms with Crippen LogP contribution in [0.3, 0.4) is 0 Å². The van der Waals surface area contributed by atoms with E-state index < -0.39 is 24.1 Å². The fraction of sp³-hybridized carbons (Fsp3) is 0.200. The maximum Gasteiger partial charge on any atom is 0.412 e. The number of phenolic OH excluding ortho intramolecular Hbond substituents is 1. The number of nitrogens with one attached hydrogen (secondary N) is 1. The number of benzene rings is 2. The van der Waals surface area contributed by atoms with Crippen molar-refractivity contribution in [3.63, 3.8) is 0 Å². The number of para-hydroxylation sites is 1. The molecular weight excluding hydrogens is 350 g/mol. The minimum Gasteiger partial charge on any atom is -0.504 e. The number of ether oxygens (including phenoxy) is 2. The first-order chi connectivity index (χ1) is 12.9. The van der Waals surface area contributed by atoms with Gasteiger partial charge in [0.25, 0.3) is 0 Å². The van der Waals surface area contributed by atoms with Crippen LogP contribution in [0.4, 0.5) is 10.5 Å². The highest BCUT2D eigenvalue weighted by Crippen LogP contribution is 2.34. The van der Waals surface area contributed by atoms with Crippen LogP contribution in [0.25, 0.3) is 0 Å². The lowest BCUT2D eigenvalue weighted by Gasteiger charge is -2.23. The van der Waals surface area contributed by atoms with Crippen molar-refractivity contribution < 1.29 is 29.3 Å². The van der Waals surface area contributed by atoms with Gasteiger partial charge in [0, 0.05) is 17.7 Å². The van der Waals surface area contributed by atoms with E-state index in [0.717, 1.165) is 6.08 Å². The molecule has 2 atom stereocenters. The van der Waals surface area contributed by atoms with Gasteiger partial charge in [-0.25, -0.2) is 9.59 Å². The quantitative estimate of drug-likeness (QED) is 0.636. The Bertz CT molecular complexity index is 818. The van der Waals surface area contributed by atoms with Crippen LogP contribution in [0.2, 0.25) is 0 Å². The Morgan fingerprint density at radius 2 is 1.85 bits per heavy atom. The van der Waals surface area contributed by atoms with Crippen LogP contribution in [0.15, 0.2) is 60.7 Å². The summed E-state index contributed by atoms with van der Waals surface area (Å²) in [4.78, 5) is 23.1. The summed E-state index contributed by atoms with van der Waals surface area (Å²) in [7, 11) is 1.42. The predicted octanol–water partition coefficient (Wildman–Crippen LogP) is 3.97. The number of rotatable bonds is 7. The van der Waals surface area contributed by atoms with Crippen LogP contribution >= 0.6 is 0 Å². The molecule has 0 aliphatic rings. The average Bonchev–Trinajstić information content (AvgIpc) is 2.65. The van der Waals surface area contributed by atoms with Crippen molar-refractivity contribution in [2.45, 2.75) is 13.0 Å². The van der Waals surface area contributed by atoms with Gasteiger partial charge in [0.05, 0.1) is 7.11 Å². The van der Waals surface area contributed by atoms with Crippen LogP contribution in [0.1, 0.15) is 18.6 Å². The van der Waals surface area contributed by atoms with Crippen LogP contribution in [-0.2, 0) is 9.53 Å². The molecule has 0 spiro atoms. The molecule has 0 radical (unpaired) electrons. The number of hydrogen-bond donors (Lipinski definition) is 3. The molecule has 0 aromatic heterocycles. The molecule has 0 aliphatic carbocycles. The second kappa shape index (κ2) is 9.28. The van der Waals surface area contributed by atoms with Gasteiger partial charge in [-0.05, 0) is 29.8 Å². The van der Waals surface area contributed by atoms with Crippen molar-refractivity contribution in [3.05, 3.63) is 66.2 Å². The Kier molecular flexibility index (Phi) is 6.82. The van der Waals surface area contributed by atoms with Crippen molar-refractivity contribution in [3.8, 4) is 11.5 Å². The third-order valence-electron chi connectivity index (χ3n) is 3.81. The van der Waals surface area contributed by atoms with E-state index in [0.29, 0.717) is 11.3 Å². The van der Waals surface area contributed by atoms with Crippen molar-refractivity contribution in [2.24, 2.45) is 5.92 Å². The van der Waals surface area contributed by atoms with Crippen LogP contribution in [0.5, 0.6) is 11.5 Å². The number of hydrogen-bond acceptors (Lipinski definition) is 5. The smallest absolute Gasteiger partial charge is 0.412 e. The maximum atomic E-state index is 12.3. The monoisotopic (exact) mass is 371 g/mol. The zero-order valence-electron chi connectivity index (χ0n) is 15.0. The SMILES string of the molecule is COc1ccc([C@H](OC(=O)Nc2ccccc2)[C@H](C)/C=C/C(=O)O)cc1O. The van der Waals surface area contributed by atoms with Crippen molar-refractivity contribution in [1.82, 2.24) is 0 Å². The summed E-state index contributed by atoms with van der Waals surface area (Å²) in [5.74, 6) is -1.40. The molecule has 0 heterocycles. The van der Waals surface area contributed by atoms with Gasteiger partial charge >= 0.3 is 12.1 Å². The number of carbonyl (C=O) groups is 2. The molecule has 2 aromatic rings. The van der Waals surface area contributed by atoms with E-state index in [1.165, 1.54) is 19.3 Å². The van der Waals surface area contributed by atoms with Gasteiger partial charge in [0.2, 0.25) is 0 Å². The van der Waals surface area contributed by atoms with E-state index in [4.69, 9.17) is 14.6 Å². The maximum absolute atomic E-state index is 12.3. The molecule has 2 aromatic carbocycles. The lowest BCUT2D eigenvalue weighted by molar-refractivity contribution is -0.131. The lowest BCUT2D eigenvalue weighted by Crippen LogP contribution is -2.21.